The van der Waals surface area contributed by atoms with E-state index in [0.29, 0.717) is 31.2 Å². The fourth-order valence-corrected chi connectivity index (χ4v) is 2.29. The van der Waals surface area contributed by atoms with Crippen LogP contribution in [0.4, 0.5) is 11.5 Å². The van der Waals surface area contributed by atoms with Gasteiger partial charge in [0.1, 0.15) is 0 Å². The van der Waals surface area contributed by atoms with Gasteiger partial charge in [-0.1, -0.05) is 0 Å². The number of pyridine rings is 1. The highest BCUT2D eigenvalue weighted by atomic mass is 16.5. The number of hydrogen-bond donors (Lipinski definition) is 3. The highest BCUT2D eigenvalue weighted by Crippen LogP contribution is 2.25. The Morgan fingerprint density at radius 1 is 1.45 bits per heavy atom. The molecule has 0 aliphatic carbocycles. The minimum atomic E-state index is -1.06. The summed E-state index contributed by atoms with van der Waals surface area (Å²) in [6.45, 7) is 1.78. The van der Waals surface area contributed by atoms with Crippen LogP contribution in [-0.2, 0) is 4.74 Å². The molecule has 1 aromatic rings. The lowest BCUT2D eigenvalue weighted by molar-refractivity contribution is 0.0158. The zero-order chi connectivity index (χ0) is 14.5. The van der Waals surface area contributed by atoms with Crippen molar-refractivity contribution >= 4 is 17.5 Å². The average Bonchev–Trinajstić information content (AvgIpc) is 2.46. The standard InChI is InChI=1S/C13H19N3O4/c14-10-1-2-11(13(18)19)15-12(10)16-5-3-9(4-6-16)20-8-7-17/h1-2,9,17H,3-8,14H2,(H,18,19). The van der Waals surface area contributed by atoms with Gasteiger partial charge in [0.05, 0.1) is 25.0 Å². The van der Waals surface area contributed by atoms with E-state index in [1.54, 1.807) is 6.07 Å². The quantitative estimate of drug-likeness (QED) is 0.714. The van der Waals surface area contributed by atoms with E-state index in [0.717, 1.165) is 12.8 Å². The van der Waals surface area contributed by atoms with Crippen LogP contribution in [0.15, 0.2) is 12.1 Å². The van der Waals surface area contributed by atoms with Crippen LogP contribution in [0.2, 0.25) is 0 Å². The SMILES string of the molecule is Nc1ccc(C(=O)O)nc1N1CCC(OCCO)CC1. The molecule has 1 aliphatic rings. The van der Waals surface area contributed by atoms with Crippen LogP contribution in [0.3, 0.4) is 0 Å². The molecule has 1 fully saturated rings. The predicted molar refractivity (Wildman–Crippen MR) is 73.9 cm³/mol. The molecule has 2 heterocycles. The monoisotopic (exact) mass is 281 g/mol. The Balaban J connectivity index is 2.03. The number of piperidine rings is 1. The number of aromatic nitrogens is 1. The van der Waals surface area contributed by atoms with Crippen LogP contribution in [0.5, 0.6) is 0 Å². The number of hydrogen-bond acceptors (Lipinski definition) is 6. The van der Waals surface area contributed by atoms with Gasteiger partial charge in [0.15, 0.2) is 11.5 Å². The summed E-state index contributed by atoms with van der Waals surface area (Å²) in [5, 5.41) is 17.7. The molecule has 0 amide bonds. The summed E-state index contributed by atoms with van der Waals surface area (Å²) in [5.74, 6) is -0.544. The molecule has 7 heteroatoms. The largest absolute Gasteiger partial charge is 0.477 e. The molecule has 4 N–H and O–H groups in total. The number of ether oxygens (including phenoxy) is 1. The molecule has 0 saturated carbocycles. The van der Waals surface area contributed by atoms with Crippen LogP contribution in [0.25, 0.3) is 0 Å². The van der Waals surface area contributed by atoms with Crippen LogP contribution in [0, 0.1) is 0 Å². The van der Waals surface area contributed by atoms with E-state index in [1.165, 1.54) is 6.07 Å². The number of rotatable bonds is 5. The molecule has 1 saturated heterocycles. The summed E-state index contributed by atoms with van der Waals surface area (Å²) < 4.78 is 5.49. The van der Waals surface area contributed by atoms with E-state index < -0.39 is 5.97 Å². The number of aromatic carboxylic acids is 1. The molecule has 0 unspecified atom stereocenters. The van der Waals surface area contributed by atoms with E-state index in [1.807, 2.05) is 4.90 Å². The van der Waals surface area contributed by atoms with Crippen molar-refractivity contribution in [1.29, 1.82) is 0 Å². The average molecular weight is 281 g/mol. The maximum Gasteiger partial charge on any atom is 0.354 e. The van der Waals surface area contributed by atoms with Crippen molar-refractivity contribution in [3.05, 3.63) is 17.8 Å². The fraction of sp³-hybridized carbons (Fsp3) is 0.538. The van der Waals surface area contributed by atoms with Crippen molar-refractivity contribution in [2.75, 3.05) is 36.9 Å². The number of carboxylic acids is 1. The molecule has 7 nitrogen and oxygen atoms in total. The molecule has 0 aromatic carbocycles. The Morgan fingerprint density at radius 2 is 2.15 bits per heavy atom. The Kier molecular flexibility index (Phi) is 4.75. The molecule has 110 valence electrons. The Labute approximate surface area is 117 Å². The van der Waals surface area contributed by atoms with Crippen molar-refractivity contribution in [3.63, 3.8) is 0 Å². The lowest BCUT2D eigenvalue weighted by Gasteiger charge is -2.33. The summed E-state index contributed by atoms with van der Waals surface area (Å²) in [4.78, 5) is 17.0. The van der Waals surface area contributed by atoms with Gasteiger partial charge in [-0.3, -0.25) is 0 Å². The van der Waals surface area contributed by atoms with E-state index in [4.69, 9.17) is 20.7 Å². The van der Waals surface area contributed by atoms with E-state index in [2.05, 4.69) is 4.98 Å². The number of nitrogens with two attached hydrogens (primary N) is 1. The zero-order valence-corrected chi connectivity index (χ0v) is 11.2. The molecule has 2 rings (SSSR count). The Morgan fingerprint density at radius 3 is 2.75 bits per heavy atom. The molecule has 0 spiro atoms. The third kappa shape index (κ3) is 3.37. The highest BCUT2D eigenvalue weighted by Gasteiger charge is 2.22. The second-order valence-electron chi connectivity index (χ2n) is 4.70. The van der Waals surface area contributed by atoms with Gasteiger partial charge >= 0.3 is 5.97 Å². The number of carbonyl (C=O) groups is 1. The first kappa shape index (κ1) is 14.5. The second-order valence-corrected chi connectivity index (χ2v) is 4.70. The van der Waals surface area contributed by atoms with Crippen molar-refractivity contribution in [1.82, 2.24) is 4.98 Å². The number of nitrogen functional groups attached to an aromatic ring is 1. The van der Waals surface area contributed by atoms with E-state index in [-0.39, 0.29) is 18.4 Å². The zero-order valence-electron chi connectivity index (χ0n) is 11.2. The number of anilines is 2. The smallest absolute Gasteiger partial charge is 0.354 e. The third-order valence-corrected chi connectivity index (χ3v) is 3.31. The van der Waals surface area contributed by atoms with E-state index in [9.17, 15) is 4.79 Å². The van der Waals surface area contributed by atoms with Crippen LogP contribution in [-0.4, -0.2) is 53.6 Å². The van der Waals surface area contributed by atoms with Gasteiger partial charge in [0, 0.05) is 13.1 Å². The summed E-state index contributed by atoms with van der Waals surface area (Å²) in [6, 6.07) is 2.97. The molecule has 1 aliphatic heterocycles. The van der Waals surface area contributed by atoms with Gasteiger partial charge in [0.2, 0.25) is 0 Å². The predicted octanol–water partition coefficient (Wildman–Crippen LogP) is 0.340. The van der Waals surface area contributed by atoms with Gasteiger partial charge in [0.25, 0.3) is 0 Å². The summed E-state index contributed by atoms with van der Waals surface area (Å²) in [7, 11) is 0. The van der Waals surface area contributed by atoms with Crippen LogP contribution >= 0.6 is 0 Å². The van der Waals surface area contributed by atoms with Crippen molar-refractivity contribution < 1.29 is 19.7 Å². The first-order chi connectivity index (χ1) is 9.61. The maximum absolute atomic E-state index is 11.0. The molecule has 0 radical (unpaired) electrons. The Hall–Kier alpha value is -1.86. The molecule has 0 bridgehead atoms. The summed E-state index contributed by atoms with van der Waals surface area (Å²) in [6.07, 6.45) is 1.74. The van der Waals surface area contributed by atoms with Crippen molar-refractivity contribution in [2.45, 2.75) is 18.9 Å². The van der Waals surface area contributed by atoms with Gasteiger partial charge in [-0.2, -0.15) is 0 Å². The molecule has 1 aromatic heterocycles. The van der Waals surface area contributed by atoms with E-state index >= 15 is 0 Å². The molecular weight excluding hydrogens is 262 g/mol. The minimum absolute atomic E-state index is 0.00662. The molecule has 20 heavy (non-hydrogen) atoms. The molecule has 0 atom stereocenters. The molecular formula is C13H19N3O4. The third-order valence-electron chi connectivity index (χ3n) is 3.31. The lowest BCUT2D eigenvalue weighted by Crippen LogP contribution is -2.38. The second kappa shape index (κ2) is 6.53. The first-order valence-electron chi connectivity index (χ1n) is 6.59. The Bertz CT molecular complexity index is 473. The highest BCUT2D eigenvalue weighted by molar-refractivity contribution is 5.87. The lowest BCUT2D eigenvalue weighted by atomic mass is 10.1. The van der Waals surface area contributed by atoms with Gasteiger partial charge < -0.3 is 25.6 Å². The van der Waals surface area contributed by atoms with Gasteiger partial charge in [-0.05, 0) is 25.0 Å². The number of carboxylic acid groups (broad SMARTS) is 1. The van der Waals surface area contributed by atoms with Crippen LogP contribution < -0.4 is 10.6 Å². The van der Waals surface area contributed by atoms with Crippen molar-refractivity contribution in [3.8, 4) is 0 Å². The van der Waals surface area contributed by atoms with Gasteiger partial charge in [-0.15, -0.1) is 0 Å². The van der Waals surface area contributed by atoms with Gasteiger partial charge in [-0.25, -0.2) is 9.78 Å². The minimum Gasteiger partial charge on any atom is -0.477 e. The van der Waals surface area contributed by atoms with Crippen LogP contribution in [0.1, 0.15) is 23.3 Å². The number of nitrogens with zero attached hydrogens (tertiary/aromatic N) is 2. The first-order valence-corrected chi connectivity index (χ1v) is 6.59. The van der Waals surface area contributed by atoms with Crippen molar-refractivity contribution in [2.24, 2.45) is 0 Å². The number of aliphatic hydroxyl groups excluding tert-OH is 1. The summed E-state index contributed by atoms with van der Waals surface area (Å²) >= 11 is 0. The topological polar surface area (TPSA) is 109 Å². The summed E-state index contributed by atoms with van der Waals surface area (Å²) in [5.41, 5.74) is 6.34. The maximum atomic E-state index is 11.0. The number of aliphatic hydroxyl groups is 1. The normalized spacial score (nSPS) is 16.4. The fourth-order valence-electron chi connectivity index (χ4n) is 2.29.